The molecular formula is C13H12N4O4. The first kappa shape index (κ1) is 14.4. The van der Waals surface area contributed by atoms with E-state index in [9.17, 15) is 20.0 Å². The van der Waals surface area contributed by atoms with Gasteiger partial charge in [-0.15, -0.1) is 0 Å². The largest absolute Gasteiger partial charge is 0.502 e. The average Bonchev–Trinajstić information content (AvgIpc) is 2.45. The highest BCUT2D eigenvalue weighted by Crippen LogP contribution is 2.26. The molecule has 8 heteroatoms. The Hall–Kier alpha value is -3.03. The van der Waals surface area contributed by atoms with Gasteiger partial charge in [0.1, 0.15) is 0 Å². The van der Waals surface area contributed by atoms with E-state index in [4.69, 9.17) is 0 Å². The second-order valence-electron chi connectivity index (χ2n) is 4.29. The number of phenolic OH excluding ortho intramolecular Hbond substituents is 1. The Morgan fingerprint density at radius 1 is 1.38 bits per heavy atom. The number of nitrogens with zero attached hydrogens (tertiary/aromatic N) is 3. The fourth-order valence-corrected chi connectivity index (χ4v) is 1.60. The van der Waals surface area contributed by atoms with E-state index in [1.165, 1.54) is 6.07 Å². The van der Waals surface area contributed by atoms with E-state index in [0.29, 0.717) is 5.69 Å². The maximum absolute atomic E-state index is 11.9. The third-order valence-electron chi connectivity index (χ3n) is 2.70. The van der Waals surface area contributed by atoms with Gasteiger partial charge in [0.05, 0.1) is 29.1 Å². The zero-order valence-electron chi connectivity index (χ0n) is 11.1. The molecule has 2 aromatic rings. The van der Waals surface area contributed by atoms with Gasteiger partial charge in [-0.25, -0.2) is 0 Å². The topological polar surface area (TPSA) is 118 Å². The van der Waals surface area contributed by atoms with Gasteiger partial charge in [0.2, 0.25) is 0 Å². The highest BCUT2D eigenvalue weighted by molar-refractivity contribution is 5.94. The Balaban J connectivity index is 2.05. The summed E-state index contributed by atoms with van der Waals surface area (Å²) >= 11 is 0. The normalized spacial score (nSPS) is 10.1. The van der Waals surface area contributed by atoms with E-state index in [2.05, 4.69) is 15.3 Å². The fraction of sp³-hybridized carbons (Fsp3) is 0.154. The predicted octanol–water partition coefficient (Wildman–Crippen LogP) is 1.33. The number of aromatic hydroxyl groups is 1. The summed E-state index contributed by atoms with van der Waals surface area (Å²) < 4.78 is 0. The summed E-state index contributed by atoms with van der Waals surface area (Å²) in [7, 11) is 0. The SMILES string of the molecule is Cc1cnc(CNC(=O)c2ccc([N+](=O)[O-])c(O)c2)cn1. The number of aryl methyl sites for hydroxylation is 1. The number of nitrogens with one attached hydrogen (secondary N) is 1. The van der Waals surface area contributed by atoms with Crippen molar-refractivity contribution in [2.75, 3.05) is 0 Å². The van der Waals surface area contributed by atoms with Crippen molar-refractivity contribution in [2.24, 2.45) is 0 Å². The van der Waals surface area contributed by atoms with Crippen LogP contribution in [0.4, 0.5) is 5.69 Å². The van der Waals surface area contributed by atoms with E-state index in [-0.39, 0.29) is 12.1 Å². The molecule has 2 rings (SSSR count). The van der Waals surface area contributed by atoms with Gasteiger partial charge in [0, 0.05) is 17.8 Å². The highest BCUT2D eigenvalue weighted by atomic mass is 16.6. The number of rotatable bonds is 4. The summed E-state index contributed by atoms with van der Waals surface area (Å²) in [5.74, 6) is -1.02. The Labute approximate surface area is 119 Å². The quantitative estimate of drug-likeness (QED) is 0.647. The third kappa shape index (κ3) is 3.50. The highest BCUT2D eigenvalue weighted by Gasteiger charge is 2.15. The minimum absolute atomic E-state index is 0.123. The van der Waals surface area contributed by atoms with E-state index in [0.717, 1.165) is 17.8 Å². The summed E-state index contributed by atoms with van der Waals surface area (Å²) in [5, 5.41) is 22.6. The summed E-state index contributed by atoms with van der Waals surface area (Å²) in [4.78, 5) is 29.9. The Kier molecular flexibility index (Phi) is 4.07. The van der Waals surface area contributed by atoms with Crippen LogP contribution in [-0.4, -0.2) is 25.9 Å². The molecule has 2 N–H and O–H groups in total. The minimum Gasteiger partial charge on any atom is -0.502 e. The zero-order chi connectivity index (χ0) is 15.4. The number of nitro benzene ring substituents is 1. The average molecular weight is 288 g/mol. The number of phenols is 1. The van der Waals surface area contributed by atoms with Crippen molar-refractivity contribution in [3.8, 4) is 5.75 Å². The van der Waals surface area contributed by atoms with Crippen molar-refractivity contribution in [2.45, 2.75) is 13.5 Å². The van der Waals surface area contributed by atoms with Crippen LogP contribution in [0.3, 0.4) is 0 Å². The van der Waals surface area contributed by atoms with E-state index < -0.39 is 22.3 Å². The van der Waals surface area contributed by atoms with Gasteiger partial charge in [-0.05, 0) is 19.1 Å². The monoisotopic (exact) mass is 288 g/mol. The first-order valence-electron chi connectivity index (χ1n) is 6.00. The molecule has 0 aliphatic heterocycles. The molecule has 0 unspecified atom stereocenters. The lowest BCUT2D eigenvalue weighted by Gasteiger charge is -2.05. The van der Waals surface area contributed by atoms with Crippen molar-refractivity contribution in [1.82, 2.24) is 15.3 Å². The number of benzene rings is 1. The van der Waals surface area contributed by atoms with Gasteiger partial charge in [0.25, 0.3) is 5.91 Å². The first-order valence-corrected chi connectivity index (χ1v) is 6.00. The van der Waals surface area contributed by atoms with Gasteiger partial charge in [-0.1, -0.05) is 0 Å². The summed E-state index contributed by atoms with van der Waals surface area (Å²) in [6, 6.07) is 3.40. The molecule has 0 bridgehead atoms. The van der Waals surface area contributed by atoms with Crippen LogP contribution in [0.25, 0.3) is 0 Å². The molecule has 0 radical (unpaired) electrons. The fourth-order valence-electron chi connectivity index (χ4n) is 1.60. The molecule has 0 atom stereocenters. The Morgan fingerprint density at radius 2 is 2.14 bits per heavy atom. The molecule has 1 amide bonds. The second kappa shape index (κ2) is 5.95. The van der Waals surface area contributed by atoms with Crippen LogP contribution in [0.15, 0.2) is 30.6 Å². The van der Waals surface area contributed by atoms with E-state index in [1.807, 2.05) is 0 Å². The zero-order valence-corrected chi connectivity index (χ0v) is 11.1. The van der Waals surface area contributed by atoms with Crippen molar-refractivity contribution in [1.29, 1.82) is 0 Å². The molecule has 1 aromatic heterocycles. The second-order valence-corrected chi connectivity index (χ2v) is 4.29. The van der Waals surface area contributed by atoms with Gasteiger partial charge < -0.3 is 10.4 Å². The van der Waals surface area contributed by atoms with Crippen LogP contribution >= 0.6 is 0 Å². The van der Waals surface area contributed by atoms with Crippen LogP contribution in [-0.2, 0) is 6.54 Å². The maximum Gasteiger partial charge on any atom is 0.310 e. The van der Waals surface area contributed by atoms with Crippen LogP contribution in [0.5, 0.6) is 5.75 Å². The molecule has 0 spiro atoms. The molecule has 0 aliphatic rings. The van der Waals surface area contributed by atoms with Crippen molar-refractivity contribution in [3.63, 3.8) is 0 Å². The maximum atomic E-state index is 11.9. The number of aromatic nitrogens is 2. The van der Waals surface area contributed by atoms with Crippen molar-refractivity contribution < 1.29 is 14.8 Å². The smallest absolute Gasteiger partial charge is 0.310 e. The summed E-state index contributed by atoms with van der Waals surface area (Å²) in [6.07, 6.45) is 3.13. The van der Waals surface area contributed by atoms with Gasteiger partial charge >= 0.3 is 5.69 Å². The number of carbonyl (C=O) groups excluding carboxylic acids is 1. The standard InChI is InChI=1S/C13H12N4O4/c1-8-5-15-10(6-14-8)7-16-13(19)9-2-3-11(17(20)21)12(18)4-9/h2-6,18H,7H2,1H3,(H,16,19). The lowest BCUT2D eigenvalue weighted by Crippen LogP contribution is -2.23. The van der Waals surface area contributed by atoms with Gasteiger partial charge in [-0.2, -0.15) is 0 Å². The lowest BCUT2D eigenvalue weighted by molar-refractivity contribution is -0.385. The van der Waals surface area contributed by atoms with E-state index >= 15 is 0 Å². The van der Waals surface area contributed by atoms with Crippen molar-refractivity contribution in [3.05, 3.63) is 57.7 Å². The predicted molar refractivity (Wildman–Crippen MR) is 72.7 cm³/mol. The van der Waals surface area contributed by atoms with Gasteiger partial charge in [-0.3, -0.25) is 24.9 Å². The van der Waals surface area contributed by atoms with Crippen LogP contribution in [0, 0.1) is 17.0 Å². The number of carbonyl (C=O) groups is 1. The molecule has 8 nitrogen and oxygen atoms in total. The molecular weight excluding hydrogens is 276 g/mol. The minimum atomic E-state index is -0.723. The number of hydrogen-bond donors (Lipinski definition) is 2. The molecule has 21 heavy (non-hydrogen) atoms. The number of amides is 1. The molecule has 1 heterocycles. The lowest BCUT2D eigenvalue weighted by atomic mass is 10.2. The molecule has 1 aromatic carbocycles. The number of hydrogen-bond acceptors (Lipinski definition) is 6. The molecule has 0 fully saturated rings. The van der Waals surface area contributed by atoms with Crippen molar-refractivity contribution >= 4 is 11.6 Å². The van der Waals surface area contributed by atoms with Crippen LogP contribution < -0.4 is 5.32 Å². The molecule has 0 aliphatic carbocycles. The Bertz CT molecular complexity index is 685. The summed E-state index contributed by atoms with van der Waals surface area (Å²) in [5.41, 5.74) is 1.03. The molecule has 0 saturated heterocycles. The van der Waals surface area contributed by atoms with Crippen LogP contribution in [0.2, 0.25) is 0 Å². The molecule has 108 valence electrons. The molecule has 0 saturated carbocycles. The third-order valence-corrected chi connectivity index (χ3v) is 2.70. The number of nitro groups is 1. The van der Waals surface area contributed by atoms with Gasteiger partial charge in [0.15, 0.2) is 5.75 Å². The Morgan fingerprint density at radius 3 is 2.71 bits per heavy atom. The summed E-state index contributed by atoms with van der Waals surface area (Å²) in [6.45, 7) is 1.97. The van der Waals surface area contributed by atoms with E-state index in [1.54, 1.807) is 19.3 Å². The first-order chi connectivity index (χ1) is 9.97. The van der Waals surface area contributed by atoms with Crippen LogP contribution in [0.1, 0.15) is 21.7 Å².